The first-order valence-electron chi connectivity index (χ1n) is 8.09. The molecule has 1 unspecified atom stereocenters. The number of rotatable bonds is 8. The number of alkyl halides is 3. The summed E-state index contributed by atoms with van der Waals surface area (Å²) in [6, 6.07) is 0.479. The lowest BCUT2D eigenvalue weighted by atomic mass is 9.95. The van der Waals surface area contributed by atoms with Gasteiger partial charge in [-0.15, -0.1) is 0 Å². The van der Waals surface area contributed by atoms with Gasteiger partial charge in [0, 0.05) is 19.7 Å². The highest BCUT2D eigenvalue weighted by atomic mass is 19.4. The Hall–Kier alpha value is -1.40. The SMILES string of the molecule is CCCCC(CC)CCN(C)c1cc(F)c(F)c(C(F)(F)F)c1F. The molecule has 1 rings (SSSR count). The summed E-state index contributed by atoms with van der Waals surface area (Å²) in [7, 11) is 1.38. The molecule has 0 saturated carbocycles. The fourth-order valence-electron chi connectivity index (χ4n) is 2.66. The summed E-state index contributed by atoms with van der Waals surface area (Å²) in [5.74, 6) is -5.32. The predicted octanol–water partition coefficient (Wildman–Crippen LogP) is 6.17. The third-order valence-electron chi connectivity index (χ3n) is 4.25. The van der Waals surface area contributed by atoms with E-state index in [-0.39, 0.29) is 6.54 Å². The molecule has 0 N–H and O–H groups in total. The van der Waals surface area contributed by atoms with Crippen molar-refractivity contribution in [3.05, 3.63) is 29.1 Å². The van der Waals surface area contributed by atoms with Gasteiger partial charge in [0.05, 0.1) is 5.69 Å². The summed E-state index contributed by atoms with van der Waals surface area (Å²) in [4.78, 5) is 1.21. The van der Waals surface area contributed by atoms with Gasteiger partial charge in [-0.05, 0) is 12.3 Å². The molecule has 0 aliphatic rings. The second-order valence-corrected chi connectivity index (χ2v) is 6.00. The summed E-state index contributed by atoms with van der Waals surface area (Å²) in [5, 5.41) is 0. The van der Waals surface area contributed by atoms with Crippen molar-refractivity contribution in [3.8, 4) is 0 Å². The van der Waals surface area contributed by atoms with Gasteiger partial charge in [-0.25, -0.2) is 13.2 Å². The minimum absolute atomic E-state index is 0.265. The van der Waals surface area contributed by atoms with E-state index in [0.717, 1.165) is 25.7 Å². The first-order valence-corrected chi connectivity index (χ1v) is 8.09. The average Bonchev–Trinajstić information content (AvgIpc) is 2.49. The average molecular weight is 355 g/mol. The van der Waals surface area contributed by atoms with Gasteiger partial charge in [0.2, 0.25) is 0 Å². The van der Waals surface area contributed by atoms with Crippen molar-refractivity contribution in [2.45, 2.75) is 52.1 Å². The predicted molar refractivity (Wildman–Crippen MR) is 82.5 cm³/mol. The molecule has 0 aliphatic heterocycles. The molecule has 0 bridgehead atoms. The Labute approximate surface area is 138 Å². The molecule has 0 radical (unpaired) electrons. The molecule has 138 valence electrons. The minimum Gasteiger partial charge on any atom is -0.372 e. The first kappa shape index (κ1) is 20.6. The van der Waals surface area contributed by atoms with E-state index in [1.165, 1.54) is 11.9 Å². The number of unbranched alkanes of at least 4 members (excludes halogenated alkanes) is 1. The number of anilines is 1. The van der Waals surface area contributed by atoms with Crippen molar-refractivity contribution in [1.82, 2.24) is 0 Å². The number of nitrogens with zero attached hydrogens (tertiary/aromatic N) is 1. The molecule has 0 amide bonds. The van der Waals surface area contributed by atoms with Crippen LogP contribution in [0.4, 0.5) is 32.0 Å². The number of benzene rings is 1. The Morgan fingerprint density at radius 2 is 1.67 bits per heavy atom. The van der Waals surface area contributed by atoms with Crippen LogP contribution in [0, 0.1) is 23.4 Å². The van der Waals surface area contributed by atoms with E-state index < -0.39 is 34.9 Å². The molecule has 1 aromatic rings. The summed E-state index contributed by atoms with van der Waals surface area (Å²) in [6.07, 6.45) is -0.679. The molecule has 0 fully saturated rings. The molecule has 1 aromatic carbocycles. The van der Waals surface area contributed by atoms with Crippen molar-refractivity contribution in [3.63, 3.8) is 0 Å². The molecule has 1 atom stereocenters. The number of hydrogen-bond acceptors (Lipinski definition) is 1. The summed E-state index contributed by atoms with van der Waals surface area (Å²) in [5.41, 5.74) is -2.76. The van der Waals surface area contributed by atoms with E-state index in [1.54, 1.807) is 0 Å². The van der Waals surface area contributed by atoms with Crippen LogP contribution in [-0.4, -0.2) is 13.6 Å². The van der Waals surface area contributed by atoms with E-state index in [9.17, 15) is 26.3 Å². The first-order chi connectivity index (χ1) is 11.1. The van der Waals surface area contributed by atoms with E-state index in [0.29, 0.717) is 18.4 Å². The third kappa shape index (κ3) is 5.05. The lowest BCUT2D eigenvalue weighted by Gasteiger charge is -2.24. The normalized spacial score (nSPS) is 13.2. The maximum absolute atomic E-state index is 14.1. The van der Waals surface area contributed by atoms with Gasteiger partial charge in [-0.2, -0.15) is 13.2 Å². The van der Waals surface area contributed by atoms with Gasteiger partial charge in [-0.1, -0.05) is 39.5 Å². The lowest BCUT2D eigenvalue weighted by Crippen LogP contribution is -2.24. The molecule has 0 heterocycles. The highest BCUT2D eigenvalue weighted by molar-refractivity contribution is 5.51. The van der Waals surface area contributed by atoms with Gasteiger partial charge in [0.1, 0.15) is 5.56 Å². The van der Waals surface area contributed by atoms with Crippen LogP contribution >= 0.6 is 0 Å². The van der Waals surface area contributed by atoms with Crippen molar-refractivity contribution in [2.24, 2.45) is 5.92 Å². The third-order valence-corrected chi connectivity index (χ3v) is 4.25. The molecule has 7 heteroatoms. The zero-order chi connectivity index (χ0) is 18.5. The molecule has 24 heavy (non-hydrogen) atoms. The van der Waals surface area contributed by atoms with E-state index in [1.807, 2.05) is 6.92 Å². The molecule has 0 saturated heterocycles. The largest absolute Gasteiger partial charge is 0.422 e. The van der Waals surface area contributed by atoms with E-state index >= 15 is 0 Å². The van der Waals surface area contributed by atoms with Gasteiger partial charge >= 0.3 is 6.18 Å². The topological polar surface area (TPSA) is 3.24 Å². The standard InChI is InChI=1S/C17H23F6N/c1-4-6-7-11(5-2)8-9-24(3)13-10-12(18)15(19)14(16(13)20)17(21,22)23/h10-11H,4-9H2,1-3H3. The number of halogens is 6. The minimum atomic E-state index is -5.29. The van der Waals surface area contributed by atoms with Crippen LogP contribution in [0.25, 0.3) is 0 Å². The second-order valence-electron chi connectivity index (χ2n) is 6.00. The number of hydrogen-bond donors (Lipinski definition) is 0. The molecular weight excluding hydrogens is 332 g/mol. The van der Waals surface area contributed by atoms with E-state index in [2.05, 4.69) is 6.92 Å². The summed E-state index contributed by atoms with van der Waals surface area (Å²) in [6.45, 7) is 4.34. The summed E-state index contributed by atoms with van der Waals surface area (Å²) < 4.78 is 79.3. The van der Waals surface area contributed by atoms with Crippen LogP contribution in [-0.2, 0) is 6.18 Å². The Morgan fingerprint density at radius 1 is 1.04 bits per heavy atom. The van der Waals surface area contributed by atoms with Crippen LogP contribution in [0.1, 0.15) is 51.5 Å². The molecule has 0 aliphatic carbocycles. The Morgan fingerprint density at radius 3 is 2.17 bits per heavy atom. The zero-order valence-corrected chi connectivity index (χ0v) is 14.1. The van der Waals surface area contributed by atoms with Crippen molar-refractivity contribution in [2.75, 3.05) is 18.5 Å². The maximum Gasteiger partial charge on any atom is 0.422 e. The van der Waals surface area contributed by atoms with Crippen LogP contribution < -0.4 is 4.90 Å². The Balaban J connectivity index is 2.99. The lowest BCUT2D eigenvalue weighted by molar-refractivity contribution is -0.142. The fourth-order valence-corrected chi connectivity index (χ4v) is 2.66. The Bertz CT molecular complexity index is 541. The highest BCUT2D eigenvalue weighted by Crippen LogP contribution is 2.38. The van der Waals surface area contributed by atoms with Crippen LogP contribution in [0.5, 0.6) is 0 Å². The molecule has 0 spiro atoms. The van der Waals surface area contributed by atoms with Crippen molar-refractivity contribution >= 4 is 5.69 Å². The monoisotopic (exact) mass is 355 g/mol. The van der Waals surface area contributed by atoms with Crippen LogP contribution in [0.2, 0.25) is 0 Å². The van der Waals surface area contributed by atoms with Crippen molar-refractivity contribution in [1.29, 1.82) is 0 Å². The second kappa shape index (κ2) is 8.62. The smallest absolute Gasteiger partial charge is 0.372 e. The zero-order valence-electron chi connectivity index (χ0n) is 14.1. The highest BCUT2D eigenvalue weighted by Gasteiger charge is 2.40. The Kier molecular flexibility index (Phi) is 7.42. The van der Waals surface area contributed by atoms with Crippen molar-refractivity contribution < 1.29 is 26.3 Å². The summed E-state index contributed by atoms with van der Waals surface area (Å²) >= 11 is 0. The molecule has 0 aromatic heterocycles. The van der Waals surface area contributed by atoms with Gasteiger partial charge in [0.15, 0.2) is 17.5 Å². The fraction of sp³-hybridized carbons (Fsp3) is 0.647. The van der Waals surface area contributed by atoms with Crippen LogP contribution in [0.15, 0.2) is 6.07 Å². The molecule has 1 nitrogen and oxygen atoms in total. The van der Waals surface area contributed by atoms with Crippen LogP contribution in [0.3, 0.4) is 0 Å². The van der Waals surface area contributed by atoms with Gasteiger partial charge in [0.25, 0.3) is 0 Å². The quantitative estimate of drug-likeness (QED) is 0.398. The maximum atomic E-state index is 14.1. The van der Waals surface area contributed by atoms with E-state index in [4.69, 9.17) is 0 Å². The van der Waals surface area contributed by atoms with Gasteiger partial charge < -0.3 is 4.90 Å². The van der Waals surface area contributed by atoms with Gasteiger partial charge in [-0.3, -0.25) is 0 Å². The molecular formula is C17H23F6N.